The van der Waals surface area contributed by atoms with Crippen LogP contribution in [0.25, 0.3) is 16.8 Å². The van der Waals surface area contributed by atoms with E-state index in [9.17, 15) is 14.7 Å². The van der Waals surface area contributed by atoms with Gasteiger partial charge >= 0.3 is 0 Å². The quantitative estimate of drug-likeness (QED) is 0.0492. The van der Waals surface area contributed by atoms with Gasteiger partial charge in [-0.25, -0.2) is 15.0 Å². The Balaban J connectivity index is 1.48. The Hall–Kier alpha value is -4.92. The van der Waals surface area contributed by atoms with Crippen molar-refractivity contribution >= 4 is 50.8 Å². The minimum absolute atomic E-state index is 0.0274. The van der Waals surface area contributed by atoms with Gasteiger partial charge in [-0.2, -0.15) is 0 Å². The molecule has 0 saturated carbocycles. The lowest BCUT2D eigenvalue weighted by molar-refractivity contribution is -0.135. The number of allylic oxidation sites excluding steroid dienone is 1. The molecule has 0 bridgehead atoms. The Labute approximate surface area is 262 Å². The van der Waals surface area contributed by atoms with Crippen LogP contribution in [0.15, 0.2) is 57.4 Å². The zero-order valence-corrected chi connectivity index (χ0v) is 26.2. The number of benzene rings is 1. The molecule has 0 aliphatic carbocycles. The molecule has 1 saturated heterocycles. The zero-order valence-electron chi connectivity index (χ0n) is 24.6. The number of aliphatic hydroxyl groups is 1. The molecule has 1 fully saturated rings. The molecule has 44 heavy (non-hydrogen) atoms. The van der Waals surface area contributed by atoms with E-state index in [-0.39, 0.29) is 35.9 Å². The van der Waals surface area contributed by atoms with E-state index in [0.29, 0.717) is 62.8 Å². The summed E-state index contributed by atoms with van der Waals surface area (Å²) in [5, 5.41) is 30.7. The SMILES string of the molecule is C/C(O)=C1/NN(CC(=O)N2CC(C)CC2C(=O)Nc2nc(Br)ccc2C)c2c(C(=N)N=NN)cc(-c3cnc(C)nc3)cc21. The zero-order chi connectivity index (χ0) is 31.7. The highest BCUT2D eigenvalue weighted by Gasteiger charge is 2.40. The molecular weight excluding hydrogens is 630 g/mol. The first-order valence-electron chi connectivity index (χ1n) is 13.8. The number of carbonyl (C=O) groups excluding carboxylic acids is 2. The lowest BCUT2D eigenvalue weighted by Gasteiger charge is -2.28. The molecular formula is C29H32BrN11O3. The predicted octanol–water partition coefficient (Wildman–Crippen LogP) is 4.02. The van der Waals surface area contributed by atoms with E-state index < -0.39 is 6.04 Å². The molecule has 4 heterocycles. The van der Waals surface area contributed by atoms with Gasteiger partial charge in [0.15, 0.2) is 5.84 Å². The highest BCUT2D eigenvalue weighted by atomic mass is 79.9. The molecule has 6 N–H and O–H groups in total. The number of amidine groups is 1. The summed E-state index contributed by atoms with van der Waals surface area (Å²) in [7, 11) is 0. The van der Waals surface area contributed by atoms with E-state index in [0.717, 1.165) is 5.56 Å². The summed E-state index contributed by atoms with van der Waals surface area (Å²) >= 11 is 3.34. The van der Waals surface area contributed by atoms with Gasteiger partial charge in [-0.05, 0) is 78.4 Å². The number of anilines is 2. The number of rotatable bonds is 6. The van der Waals surface area contributed by atoms with Crippen LogP contribution in [0.1, 0.15) is 42.8 Å². The third-order valence-corrected chi connectivity index (χ3v) is 7.96. The molecule has 5 rings (SSSR count). The van der Waals surface area contributed by atoms with E-state index in [1.807, 2.05) is 26.0 Å². The van der Waals surface area contributed by atoms with E-state index in [2.05, 4.69) is 52.0 Å². The fourth-order valence-corrected chi connectivity index (χ4v) is 5.70. The third kappa shape index (κ3) is 6.08. The maximum absolute atomic E-state index is 13.9. The Morgan fingerprint density at radius 3 is 2.64 bits per heavy atom. The van der Waals surface area contributed by atoms with Gasteiger partial charge in [-0.15, -0.1) is 5.11 Å². The molecule has 2 aliphatic rings. The number of fused-ring (bicyclic) bond motifs is 1. The molecule has 14 nitrogen and oxygen atoms in total. The lowest BCUT2D eigenvalue weighted by Crippen LogP contribution is -2.49. The molecule has 2 unspecified atom stereocenters. The van der Waals surface area contributed by atoms with E-state index in [1.165, 1.54) is 11.9 Å². The maximum Gasteiger partial charge on any atom is 0.248 e. The van der Waals surface area contributed by atoms with Crippen molar-refractivity contribution in [3.05, 3.63) is 69.5 Å². The standard InChI is InChI=1S/C29H32BrN11O3/c1-14-7-22(29(44)36-28-15(2)5-6-23(30)35-28)40(12-14)24(43)13-41-26-20(25(38-41)16(3)42)8-18(9-21(26)27(31)37-39-32)19-10-33-17(4)34-11-19/h5-6,8-11,14,22,38,42H,7,12-13H2,1-4H3,(H3,31,32,37)(H,35,36,44)/b25-16-. The minimum atomic E-state index is -0.706. The fraction of sp³-hybridized carbons (Fsp3) is 0.310. The summed E-state index contributed by atoms with van der Waals surface area (Å²) in [5.74, 6) is 5.48. The molecule has 0 radical (unpaired) electrons. The van der Waals surface area contributed by atoms with Gasteiger partial charge in [-0.3, -0.25) is 25.4 Å². The topological polar surface area (TPSA) is 198 Å². The second-order valence-corrected chi connectivity index (χ2v) is 11.7. The lowest BCUT2D eigenvalue weighted by atomic mass is 9.97. The van der Waals surface area contributed by atoms with Crippen LogP contribution in [0.4, 0.5) is 11.5 Å². The van der Waals surface area contributed by atoms with Crippen molar-refractivity contribution in [1.82, 2.24) is 25.3 Å². The van der Waals surface area contributed by atoms with Crippen molar-refractivity contribution in [2.24, 2.45) is 22.1 Å². The summed E-state index contributed by atoms with van der Waals surface area (Å²) in [5.41, 5.74) is 6.86. The smallest absolute Gasteiger partial charge is 0.248 e. The summed E-state index contributed by atoms with van der Waals surface area (Å²) in [6.07, 6.45) is 3.81. The van der Waals surface area contributed by atoms with Gasteiger partial charge in [0, 0.05) is 35.6 Å². The molecule has 2 aromatic heterocycles. The van der Waals surface area contributed by atoms with Crippen LogP contribution in [-0.2, 0) is 9.59 Å². The van der Waals surface area contributed by atoms with E-state index >= 15 is 0 Å². The first-order valence-corrected chi connectivity index (χ1v) is 14.6. The number of hydrazine groups is 1. The Bertz CT molecular complexity index is 1700. The monoisotopic (exact) mass is 661 g/mol. The number of aryl methyl sites for hydroxylation is 2. The third-order valence-electron chi connectivity index (χ3n) is 7.52. The maximum atomic E-state index is 13.9. The summed E-state index contributed by atoms with van der Waals surface area (Å²) < 4.78 is 0.585. The first kappa shape index (κ1) is 30.5. The summed E-state index contributed by atoms with van der Waals surface area (Å²) in [6.45, 7) is 7.31. The Morgan fingerprint density at radius 1 is 1.23 bits per heavy atom. The van der Waals surface area contributed by atoms with Crippen molar-refractivity contribution in [2.75, 3.05) is 23.4 Å². The molecule has 15 heteroatoms. The minimum Gasteiger partial charge on any atom is -0.510 e. The van der Waals surface area contributed by atoms with Crippen LogP contribution in [-0.4, -0.2) is 61.7 Å². The van der Waals surface area contributed by atoms with E-state index in [4.69, 9.17) is 11.3 Å². The number of carbonyl (C=O) groups is 2. The average Bonchev–Trinajstić information content (AvgIpc) is 3.56. The van der Waals surface area contributed by atoms with E-state index in [1.54, 1.807) is 36.4 Å². The number of pyridine rings is 1. The normalized spacial score (nSPS) is 18.8. The summed E-state index contributed by atoms with van der Waals surface area (Å²) in [4.78, 5) is 41.8. The molecule has 2 aliphatic heterocycles. The highest BCUT2D eigenvalue weighted by molar-refractivity contribution is 9.10. The number of nitrogens with zero attached hydrogens (tertiary/aromatic N) is 7. The predicted molar refractivity (Wildman–Crippen MR) is 168 cm³/mol. The fourth-order valence-electron chi connectivity index (χ4n) is 5.39. The van der Waals surface area contributed by atoms with Gasteiger partial charge in [0.25, 0.3) is 0 Å². The van der Waals surface area contributed by atoms with Gasteiger partial charge in [-0.1, -0.05) is 18.2 Å². The molecule has 1 aromatic carbocycles. The number of amides is 2. The number of aliphatic hydroxyl groups excluding tert-OH is 1. The second-order valence-electron chi connectivity index (χ2n) is 10.9. The molecule has 0 spiro atoms. The average molecular weight is 663 g/mol. The number of nitrogens with one attached hydrogen (secondary N) is 3. The van der Waals surface area contributed by atoms with Crippen LogP contribution >= 0.6 is 15.9 Å². The van der Waals surface area contributed by atoms with Crippen LogP contribution in [0, 0.1) is 25.2 Å². The van der Waals surface area contributed by atoms with Crippen molar-refractivity contribution < 1.29 is 14.7 Å². The van der Waals surface area contributed by atoms with Gasteiger partial charge in [0.05, 0.1) is 5.69 Å². The van der Waals surface area contributed by atoms with Crippen molar-refractivity contribution in [3.63, 3.8) is 0 Å². The Kier molecular flexibility index (Phi) is 8.58. The summed E-state index contributed by atoms with van der Waals surface area (Å²) in [6, 6.07) is 6.45. The van der Waals surface area contributed by atoms with Gasteiger partial charge in [0.1, 0.15) is 40.3 Å². The highest BCUT2D eigenvalue weighted by Crippen LogP contribution is 2.40. The number of nitrogens with two attached hydrogens (primary N) is 1. The van der Waals surface area contributed by atoms with Crippen molar-refractivity contribution in [2.45, 2.75) is 40.2 Å². The first-order chi connectivity index (χ1) is 21.0. The largest absolute Gasteiger partial charge is 0.510 e. The number of hydrogen-bond acceptors (Lipinski definition) is 10. The van der Waals surface area contributed by atoms with Crippen LogP contribution in [0.3, 0.4) is 0 Å². The Morgan fingerprint density at radius 2 is 1.95 bits per heavy atom. The molecule has 2 amide bonds. The molecule has 228 valence electrons. The van der Waals surface area contributed by atoms with Gasteiger partial charge in [0.2, 0.25) is 11.8 Å². The van der Waals surface area contributed by atoms with Crippen LogP contribution in [0.5, 0.6) is 0 Å². The van der Waals surface area contributed by atoms with Crippen LogP contribution in [0.2, 0.25) is 0 Å². The second kappa shape index (κ2) is 12.4. The molecule has 2 atom stereocenters. The van der Waals surface area contributed by atoms with Crippen LogP contribution < -0.4 is 21.6 Å². The number of likely N-dealkylation sites (tertiary alicyclic amines) is 1. The van der Waals surface area contributed by atoms with Crippen molar-refractivity contribution in [3.8, 4) is 11.1 Å². The van der Waals surface area contributed by atoms with Gasteiger partial charge < -0.3 is 21.2 Å². The number of halogens is 1. The number of aromatic nitrogens is 3. The number of hydrogen-bond donors (Lipinski definition) is 5. The molecule has 3 aromatic rings. The van der Waals surface area contributed by atoms with Crippen molar-refractivity contribution in [1.29, 1.82) is 5.41 Å².